The molecule has 0 aliphatic rings. The standard InChI is InChI=1S/C22H17ClF8N4O2/c1-33-16(15(21(26,27)28)17(32)20(24,25)22(29,30)31)19(37)35-12-7-8-14(23)13(9-12)18(36)34-10-11-5-3-2-4-6-11/h2-9H,10,32H2,1H3,(H,34,36)(H,35,37). The Morgan fingerprint density at radius 3 is 2.08 bits per heavy atom. The molecule has 0 aromatic heterocycles. The Bertz CT molecular complexity index is 1230. The number of nitrogens with one attached hydrogen (secondary N) is 2. The van der Waals surface area contributed by atoms with Gasteiger partial charge in [0.25, 0.3) is 11.8 Å². The molecule has 0 saturated carbocycles. The summed E-state index contributed by atoms with van der Waals surface area (Å²) in [7, 11) is 0.560. The lowest BCUT2D eigenvalue weighted by Crippen LogP contribution is -2.45. The van der Waals surface area contributed by atoms with Crippen LogP contribution in [0, 0.1) is 0 Å². The molecule has 0 radical (unpaired) electrons. The number of benzene rings is 2. The highest BCUT2D eigenvalue weighted by molar-refractivity contribution is 6.49. The first kappa shape index (κ1) is 29.5. The van der Waals surface area contributed by atoms with Gasteiger partial charge in [0.2, 0.25) is 0 Å². The van der Waals surface area contributed by atoms with E-state index < -0.39 is 47.1 Å². The number of halogens is 9. The highest BCUT2D eigenvalue weighted by Gasteiger charge is 2.62. The lowest BCUT2D eigenvalue weighted by atomic mass is 10.0. The number of anilines is 1. The van der Waals surface area contributed by atoms with E-state index in [2.05, 4.69) is 16.0 Å². The predicted octanol–water partition coefficient (Wildman–Crippen LogP) is 5.25. The first-order valence-electron chi connectivity index (χ1n) is 9.92. The topological polar surface area (TPSA) is 96.6 Å². The monoisotopic (exact) mass is 556 g/mol. The number of rotatable bonds is 7. The highest BCUT2D eigenvalue weighted by Crippen LogP contribution is 2.43. The minimum atomic E-state index is -6.49. The van der Waals surface area contributed by atoms with Crippen molar-refractivity contribution in [1.82, 2.24) is 5.32 Å². The fourth-order valence-corrected chi connectivity index (χ4v) is 3.10. The maximum absolute atomic E-state index is 13.6. The van der Waals surface area contributed by atoms with Crippen molar-refractivity contribution in [3.63, 3.8) is 0 Å². The molecule has 0 fully saturated rings. The molecule has 0 atom stereocenters. The minimum absolute atomic E-state index is 0.0751. The van der Waals surface area contributed by atoms with E-state index in [4.69, 9.17) is 11.6 Å². The van der Waals surface area contributed by atoms with Crippen molar-refractivity contribution in [2.24, 2.45) is 10.7 Å². The number of nitrogens with zero attached hydrogens (tertiary/aromatic N) is 1. The van der Waals surface area contributed by atoms with Crippen LogP contribution in [-0.4, -0.2) is 42.8 Å². The summed E-state index contributed by atoms with van der Waals surface area (Å²) in [6.07, 6.45) is -12.4. The van der Waals surface area contributed by atoms with Crippen LogP contribution in [0.15, 0.2) is 64.8 Å². The van der Waals surface area contributed by atoms with Crippen molar-refractivity contribution in [3.8, 4) is 0 Å². The summed E-state index contributed by atoms with van der Waals surface area (Å²) in [4.78, 5) is 28.0. The van der Waals surface area contributed by atoms with E-state index >= 15 is 0 Å². The number of nitrogens with two attached hydrogens (primary N) is 1. The van der Waals surface area contributed by atoms with Crippen molar-refractivity contribution >= 4 is 34.8 Å². The van der Waals surface area contributed by atoms with Crippen LogP contribution in [0.2, 0.25) is 5.02 Å². The Hall–Kier alpha value is -3.68. The van der Waals surface area contributed by atoms with Crippen LogP contribution >= 0.6 is 11.6 Å². The summed E-state index contributed by atoms with van der Waals surface area (Å²) in [5, 5.41) is 4.28. The number of hydrogen-bond acceptors (Lipinski definition) is 4. The van der Waals surface area contributed by atoms with Gasteiger partial charge >= 0.3 is 18.3 Å². The third-order valence-corrected chi connectivity index (χ3v) is 5.02. The van der Waals surface area contributed by atoms with Crippen LogP contribution < -0.4 is 16.4 Å². The molecular formula is C22H17ClF8N4O2. The van der Waals surface area contributed by atoms with E-state index in [1.54, 1.807) is 30.3 Å². The van der Waals surface area contributed by atoms with Gasteiger partial charge in [0.1, 0.15) is 17.0 Å². The molecule has 4 N–H and O–H groups in total. The van der Waals surface area contributed by atoms with E-state index in [1.165, 1.54) is 0 Å². The molecule has 37 heavy (non-hydrogen) atoms. The molecule has 15 heteroatoms. The summed E-state index contributed by atoms with van der Waals surface area (Å²) in [5.74, 6) is -8.69. The van der Waals surface area contributed by atoms with Gasteiger partial charge in [-0.15, -0.1) is 0 Å². The molecule has 2 aromatic rings. The zero-order valence-electron chi connectivity index (χ0n) is 18.6. The van der Waals surface area contributed by atoms with Crippen molar-refractivity contribution in [3.05, 3.63) is 76.0 Å². The lowest BCUT2D eigenvalue weighted by Gasteiger charge is -2.24. The Labute approximate surface area is 209 Å². The van der Waals surface area contributed by atoms with Crippen LogP contribution in [0.5, 0.6) is 0 Å². The molecule has 200 valence electrons. The van der Waals surface area contributed by atoms with Gasteiger partial charge in [-0.1, -0.05) is 41.9 Å². The number of allylic oxidation sites excluding steroid dienone is 1. The summed E-state index contributed by atoms with van der Waals surface area (Å²) in [6, 6.07) is 11.7. The molecule has 0 aliphatic heterocycles. The summed E-state index contributed by atoms with van der Waals surface area (Å²) >= 11 is 5.98. The van der Waals surface area contributed by atoms with Crippen LogP contribution in [0.1, 0.15) is 15.9 Å². The molecule has 0 heterocycles. The molecule has 0 saturated heterocycles. The van der Waals surface area contributed by atoms with Crippen LogP contribution in [-0.2, 0) is 11.3 Å². The van der Waals surface area contributed by atoms with E-state index in [9.17, 15) is 44.7 Å². The zero-order chi connectivity index (χ0) is 28.2. The number of carbonyl (C=O) groups excluding carboxylic acids is 2. The lowest BCUT2D eigenvalue weighted by molar-refractivity contribution is -0.265. The number of aliphatic imine (C=N–C) groups is 1. The maximum Gasteiger partial charge on any atom is 0.459 e. The second-order valence-corrected chi connectivity index (χ2v) is 7.66. The summed E-state index contributed by atoms with van der Waals surface area (Å²) in [6.45, 7) is 0.0751. The van der Waals surface area contributed by atoms with Gasteiger partial charge < -0.3 is 16.4 Å². The van der Waals surface area contributed by atoms with Crippen molar-refractivity contribution in [2.75, 3.05) is 12.4 Å². The van der Waals surface area contributed by atoms with Crippen molar-refractivity contribution in [2.45, 2.75) is 24.8 Å². The number of carbonyl (C=O) groups is 2. The average molecular weight is 557 g/mol. The molecule has 0 aliphatic carbocycles. The van der Waals surface area contributed by atoms with Gasteiger partial charge in [-0.25, -0.2) is 0 Å². The van der Waals surface area contributed by atoms with Gasteiger partial charge in [0.15, 0.2) is 0 Å². The maximum atomic E-state index is 13.6. The summed E-state index contributed by atoms with van der Waals surface area (Å²) in [5.41, 5.74) is -2.82. The normalized spacial score (nSPS) is 13.6. The first-order valence-corrected chi connectivity index (χ1v) is 10.3. The number of hydrogen-bond donors (Lipinski definition) is 3. The van der Waals surface area contributed by atoms with E-state index in [-0.39, 0.29) is 22.8 Å². The Morgan fingerprint density at radius 1 is 0.973 bits per heavy atom. The van der Waals surface area contributed by atoms with E-state index in [0.717, 1.165) is 23.8 Å². The van der Waals surface area contributed by atoms with E-state index in [1.807, 2.05) is 5.32 Å². The average Bonchev–Trinajstić information content (AvgIpc) is 2.80. The summed E-state index contributed by atoms with van der Waals surface area (Å²) < 4.78 is 106. The number of alkyl halides is 8. The van der Waals surface area contributed by atoms with Crippen LogP contribution in [0.25, 0.3) is 0 Å². The largest absolute Gasteiger partial charge is 0.459 e. The molecule has 0 spiro atoms. The Kier molecular flexibility index (Phi) is 8.91. The molecule has 2 rings (SSSR count). The quantitative estimate of drug-likeness (QED) is 0.321. The highest BCUT2D eigenvalue weighted by atomic mass is 35.5. The number of amides is 2. The van der Waals surface area contributed by atoms with E-state index in [0.29, 0.717) is 7.05 Å². The molecular weight excluding hydrogens is 540 g/mol. The molecule has 0 bridgehead atoms. The molecule has 6 nitrogen and oxygen atoms in total. The second kappa shape index (κ2) is 11.2. The Morgan fingerprint density at radius 2 is 1.57 bits per heavy atom. The van der Waals surface area contributed by atoms with Gasteiger partial charge in [0.05, 0.1) is 10.6 Å². The first-order chi connectivity index (χ1) is 17.0. The van der Waals surface area contributed by atoms with Gasteiger partial charge in [0, 0.05) is 19.3 Å². The van der Waals surface area contributed by atoms with Crippen molar-refractivity contribution in [1.29, 1.82) is 0 Å². The molecule has 2 amide bonds. The third kappa shape index (κ3) is 6.96. The second-order valence-electron chi connectivity index (χ2n) is 7.25. The molecule has 2 aromatic carbocycles. The molecule has 0 unspecified atom stereocenters. The zero-order valence-corrected chi connectivity index (χ0v) is 19.3. The fourth-order valence-electron chi connectivity index (χ4n) is 2.89. The van der Waals surface area contributed by atoms with Gasteiger partial charge in [-0.3, -0.25) is 14.6 Å². The SMILES string of the molecule is CN=C(C(=O)Nc1ccc(Cl)c(C(=O)NCc2ccccc2)c1)C(=C(N)C(F)(F)C(F)(F)F)C(F)(F)F. The van der Waals surface area contributed by atoms with Crippen LogP contribution in [0.4, 0.5) is 40.8 Å². The third-order valence-electron chi connectivity index (χ3n) is 4.69. The van der Waals surface area contributed by atoms with Gasteiger partial charge in [-0.05, 0) is 23.8 Å². The fraction of sp³-hybridized carbons (Fsp3) is 0.227. The van der Waals surface area contributed by atoms with Crippen molar-refractivity contribution < 1.29 is 44.7 Å². The smallest absolute Gasteiger partial charge is 0.396 e. The minimum Gasteiger partial charge on any atom is -0.396 e. The van der Waals surface area contributed by atoms with Crippen LogP contribution in [0.3, 0.4) is 0 Å². The van der Waals surface area contributed by atoms with Gasteiger partial charge in [-0.2, -0.15) is 35.1 Å². The Balaban J connectivity index is 2.38. The predicted molar refractivity (Wildman–Crippen MR) is 119 cm³/mol.